The number of nitrogens with zero attached hydrogens (tertiary/aromatic N) is 2. The number of carbonyl (C=O) groups is 3. The van der Waals surface area contributed by atoms with Crippen LogP contribution in [0.25, 0.3) is 0 Å². The van der Waals surface area contributed by atoms with Crippen molar-refractivity contribution in [2.75, 3.05) is 85.1 Å². The molecule has 8 aliphatic carbocycles. The smallest absolute Gasteiger partial charge is 0.407 e. The second kappa shape index (κ2) is 40.1. The van der Waals surface area contributed by atoms with Gasteiger partial charge in [-0.15, -0.1) is 0 Å². The molecule has 19 heteroatoms. The molecule has 8 rings (SSSR count). The lowest BCUT2D eigenvalue weighted by atomic mass is 9.47. The van der Waals surface area contributed by atoms with E-state index in [-0.39, 0.29) is 59.1 Å². The van der Waals surface area contributed by atoms with Crippen molar-refractivity contribution in [1.29, 1.82) is 10.8 Å². The quantitative estimate of drug-likeness (QED) is 0.0117. The Balaban J connectivity index is 0.805. The minimum atomic E-state index is -0.638. The molecule has 0 spiro atoms. The van der Waals surface area contributed by atoms with Crippen molar-refractivity contribution in [3.8, 4) is 0 Å². The van der Waals surface area contributed by atoms with Crippen LogP contribution >= 0.6 is 0 Å². The van der Waals surface area contributed by atoms with Crippen LogP contribution in [0.1, 0.15) is 268 Å². The van der Waals surface area contributed by atoms with E-state index in [0.717, 1.165) is 200 Å². The van der Waals surface area contributed by atoms with E-state index in [2.05, 4.69) is 123 Å². The first-order valence-corrected chi connectivity index (χ1v) is 42.1. The third-order valence-electron chi connectivity index (χ3n) is 28.5. The number of hydrogen-bond acceptors (Lipinski definition) is 12. The Bertz CT molecular complexity index is 2680. The highest BCUT2D eigenvalue weighted by molar-refractivity contribution is 5.81. The number of nitrogens with two attached hydrogens (primary N) is 4. The predicted octanol–water partition coefficient (Wildman–Crippen LogP) is 13.7. The molecule has 0 aromatic rings. The Morgan fingerprint density at radius 1 is 0.480 bits per heavy atom. The van der Waals surface area contributed by atoms with Gasteiger partial charge in [-0.3, -0.25) is 15.6 Å². The molecule has 16 N–H and O–H groups in total. The van der Waals surface area contributed by atoms with Gasteiger partial charge in [0.15, 0.2) is 11.9 Å². The highest BCUT2D eigenvalue weighted by Gasteiger charge is 2.61. The van der Waals surface area contributed by atoms with Crippen molar-refractivity contribution in [2.45, 2.75) is 293 Å². The summed E-state index contributed by atoms with van der Waals surface area (Å²) in [5, 5.41) is 33.5. The number of carbonyl (C=O) groups excluding carboxylic acids is 3. The number of allylic oxidation sites excluding steroid dienone is 2. The van der Waals surface area contributed by atoms with Crippen LogP contribution in [0.15, 0.2) is 23.3 Å². The van der Waals surface area contributed by atoms with Gasteiger partial charge in [-0.2, -0.15) is 0 Å². The van der Waals surface area contributed by atoms with Crippen LogP contribution < -0.4 is 54.8 Å². The fourth-order valence-electron chi connectivity index (χ4n) is 22.8. The van der Waals surface area contributed by atoms with Gasteiger partial charge in [0.2, 0.25) is 5.91 Å². The maximum Gasteiger partial charge on any atom is 0.407 e. The van der Waals surface area contributed by atoms with Crippen LogP contribution in [0.4, 0.5) is 9.59 Å². The maximum absolute atomic E-state index is 13.6. The van der Waals surface area contributed by atoms with Gasteiger partial charge in [-0.25, -0.2) is 9.59 Å². The van der Waals surface area contributed by atoms with Crippen molar-refractivity contribution in [3.63, 3.8) is 0 Å². The molecule has 0 radical (unpaired) electrons. The first kappa shape index (κ1) is 83.5. The standard InChI is InChI=1S/C83H152N14O5/c1-57(2)20-11-22-59(5)68-30-32-70-66-28-26-61-54-64(34-38-80(61,7)72(66)36-40-82(68,70)9)101-78(99)94-46-17-50-96(48-15-42-90-56-63(84)24-13-43-92-76(86)87)52-19-53-97(49-16-45-91-75(98)74(85)25-14-44-93-77(88)89)51-18-47-95-79(100)102-65-35-39-81(8)62(55-65)27-29-67-71-33-31-69(60(6)23-12-21-58(3)4)83(71,10)41-37-73(67)81/h26-27,57-60,63-74,90H,11-25,28-56,84-85H2,1-10H3,(H,91,98)(H,94,99)(H,95,100)(H4,86,87,92)(H4,88,89,93). The Morgan fingerprint density at radius 2 is 0.892 bits per heavy atom. The van der Waals surface area contributed by atoms with Gasteiger partial charge < -0.3 is 74.1 Å². The lowest BCUT2D eigenvalue weighted by Gasteiger charge is -2.58. The summed E-state index contributed by atoms with van der Waals surface area (Å²) in [6.07, 6.45) is 38.7. The van der Waals surface area contributed by atoms with E-state index in [1.165, 1.54) is 103 Å². The average molecular weight is 1430 g/mol. The second-order valence-corrected chi connectivity index (χ2v) is 36.3. The van der Waals surface area contributed by atoms with Crippen molar-refractivity contribution < 1.29 is 23.9 Å². The molecule has 584 valence electrons. The molecule has 0 aliphatic heterocycles. The largest absolute Gasteiger partial charge is 0.446 e. The number of fused-ring (bicyclic) bond motifs is 10. The third-order valence-corrected chi connectivity index (χ3v) is 28.5. The van der Waals surface area contributed by atoms with Gasteiger partial charge in [0.05, 0.1) is 6.04 Å². The zero-order chi connectivity index (χ0) is 73.6. The Kier molecular flexibility index (Phi) is 32.9. The average Bonchev–Trinajstić information content (AvgIpc) is 1.40. The fraction of sp³-hybridized carbons (Fsp3) is 0.892. The number of ether oxygens (including phenoxy) is 2. The van der Waals surface area contributed by atoms with Crippen molar-refractivity contribution in [3.05, 3.63) is 23.3 Å². The zero-order valence-electron chi connectivity index (χ0n) is 66.3. The summed E-state index contributed by atoms with van der Waals surface area (Å²) in [6, 6.07) is -0.625. The number of alkyl carbamates (subject to hydrolysis) is 2. The molecule has 0 bridgehead atoms. The Hall–Kier alpha value is -4.17. The molecule has 6 fully saturated rings. The lowest BCUT2D eigenvalue weighted by Crippen LogP contribution is -2.51. The van der Waals surface area contributed by atoms with Crippen LogP contribution in [-0.2, 0) is 14.3 Å². The van der Waals surface area contributed by atoms with Gasteiger partial charge in [0.25, 0.3) is 0 Å². The lowest BCUT2D eigenvalue weighted by molar-refractivity contribution is -0.122. The van der Waals surface area contributed by atoms with E-state index >= 15 is 0 Å². The summed E-state index contributed by atoms with van der Waals surface area (Å²) < 4.78 is 12.5. The Morgan fingerprint density at radius 3 is 1.33 bits per heavy atom. The molecule has 8 aliphatic rings. The number of rotatable bonds is 43. The minimum absolute atomic E-state index is 0.0128. The number of hydrogen-bond donors (Lipinski definition) is 12. The van der Waals surface area contributed by atoms with E-state index in [0.29, 0.717) is 62.9 Å². The molecule has 6 saturated carbocycles. The molecule has 0 aromatic carbocycles. The van der Waals surface area contributed by atoms with Crippen molar-refractivity contribution in [1.82, 2.24) is 41.7 Å². The molecule has 18 unspecified atom stereocenters. The first-order chi connectivity index (χ1) is 48.7. The minimum Gasteiger partial charge on any atom is -0.446 e. The maximum atomic E-state index is 13.6. The van der Waals surface area contributed by atoms with Crippen LogP contribution in [0, 0.1) is 103 Å². The Labute approximate surface area is 619 Å². The molecular formula is C83H152N14O5. The summed E-state index contributed by atoms with van der Waals surface area (Å²) >= 11 is 0. The molecule has 0 aromatic heterocycles. The normalized spacial score (nSPS) is 31.4. The van der Waals surface area contributed by atoms with E-state index in [4.69, 9.17) is 43.2 Å². The SMILES string of the molecule is CC(C)CCCC(C)C1CCC2C3CC=C4CC(OC(=O)NCCCN(CCCNCC(N)CCCNC(=N)N)CCCN(CCCNC(=O)OC5CCC6(C)C(=CCC7C6CCC6(C)C(C(C)CCCC(C)C)CCC76)C5)CCCNC(=O)C(N)CCCNC(=N)N)CCC4(C)C3CCC12C. The fourth-order valence-corrected chi connectivity index (χ4v) is 22.8. The van der Waals surface area contributed by atoms with Crippen LogP contribution in [0.2, 0.25) is 0 Å². The zero-order valence-corrected chi connectivity index (χ0v) is 66.3. The molecule has 0 saturated heterocycles. The van der Waals surface area contributed by atoms with Gasteiger partial charge in [-0.1, -0.05) is 131 Å². The topological polar surface area (TPSA) is 300 Å². The summed E-state index contributed by atoms with van der Waals surface area (Å²) in [4.78, 5) is 45.2. The van der Waals surface area contributed by atoms with Crippen LogP contribution in [0.3, 0.4) is 0 Å². The van der Waals surface area contributed by atoms with E-state index in [1.807, 2.05) is 0 Å². The van der Waals surface area contributed by atoms with Crippen molar-refractivity contribution >= 4 is 30.0 Å². The van der Waals surface area contributed by atoms with Crippen LogP contribution in [-0.4, -0.2) is 149 Å². The molecule has 102 heavy (non-hydrogen) atoms. The van der Waals surface area contributed by atoms with Gasteiger partial charge >= 0.3 is 12.2 Å². The van der Waals surface area contributed by atoms with Gasteiger partial charge in [-0.05, 0) is 286 Å². The molecular weight excluding hydrogens is 1270 g/mol. The summed E-state index contributed by atoms with van der Waals surface area (Å²) in [7, 11) is 0. The summed E-state index contributed by atoms with van der Waals surface area (Å²) in [6.45, 7) is 34.3. The monoisotopic (exact) mass is 1430 g/mol. The van der Waals surface area contributed by atoms with Gasteiger partial charge in [0.1, 0.15) is 12.2 Å². The highest BCUT2D eigenvalue weighted by Crippen LogP contribution is 2.69. The molecule has 19 nitrogen and oxygen atoms in total. The van der Waals surface area contributed by atoms with Crippen LogP contribution in [0.5, 0.6) is 0 Å². The van der Waals surface area contributed by atoms with E-state index in [1.54, 1.807) is 11.1 Å². The predicted molar refractivity (Wildman–Crippen MR) is 419 cm³/mol. The number of amides is 3. The molecule has 0 heterocycles. The summed E-state index contributed by atoms with van der Waals surface area (Å²) in [5.74, 6) is 9.28. The summed E-state index contributed by atoms with van der Waals surface area (Å²) in [5.41, 5.74) is 28.1. The number of nitrogens with one attached hydrogen (secondary N) is 8. The van der Waals surface area contributed by atoms with Gasteiger partial charge in [0, 0.05) is 58.2 Å². The highest BCUT2D eigenvalue weighted by atomic mass is 16.6. The molecule has 18 atom stereocenters. The van der Waals surface area contributed by atoms with Crippen molar-refractivity contribution in [2.24, 2.45) is 116 Å². The molecule has 3 amide bonds. The number of guanidine groups is 2. The third kappa shape index (κ3) is 23.2. The second-order valence-electron chi connectivity index (χ2n) is 36.3. The first-order valence-electron chi connectivity index (χ1n) is 42.1. The van der Waals surface area contributed by atoms with E-state index < -0.39 is 6.04 Å². The van der Waals surface area contributed by atoms with E-state index in [9.17, 15) is 14.4 Å².